The second-order valence-corrected chi connectivity index (χ2v) is 8.26. The van der Waals surface area contributed by atoms with Gasteiger partial charge in [0.2, 0.25) is 0 Å². The smallest absolute Gasteiger partial charge is 0.307 e. The van der Waals surface area contributed by atoms with E-state index >= 15 is 0 Å². The Balaban J connectivity index is 2.24. The molecular weight excluding hydrogens is 390 g/mol. The summed E-state index contributed by atoms with van der Waals surface area (Å²) in [5.41, 5.74) is 1.24. The number of carbonyl (C=O) groups excluding carboxylic acids is 2. The molecule has 2 rings (SSSR count). The van der Waals surface area contributed by atoms with Crippen molar-refractivity contribution in [2.75, 3.05) is 21.3 Å². The molecule has 0 aliphatic rings. The van der Waals surface area contributed by atoms with Crippen molar-refractivity contribution in [2.45, 2.75) is 36.5 Å². The first-order valence-corrected chi connectivity index (χ1v) is 10.1. The van der Waals surface area contributed by atoms with Crippen LogP contribution in [0.2, 0.25) is 0 Å². The Morgan fingerprint density at radius 1 is 0.966 bits per heavy atom. The van der Waals surface area contributed by atoms with Crippen LogP contribution in [0, 0.1) is 0 Å². The van der Waals surface area contributed by atoms with Crippen LogP contribution in [0.4, 0.5) is 0 Å². The maximum absolute atomic E-state index is 12.8. The Bertz CT molecular complexity index is 836. The Kier molecular flexibility index (Phi) is 8.39. The van der Waals surface area contributed by atoms with Gasteiger partial charge in [-0.2, -0.15) is 0 Å². The number of thioether (sulfide) groups is 1. The van der Waals surface area contributed by atoms with Crippen molar-refractivity contribution in [1.82, 2.24) is 5.32 Å². The van der Waals surface area contributed by atoms with Gasteiger partial charge < -0.3 is 19.5 Å². The van der Waals surface area contributed by atoms with Crippen LogP contribution in [0.5, 0.6) is 11.5 Å². The number of benzene rings is 2. The third kappa shape index (κ3) is 6.42. The van der Waals surface area contributed by atoms with E-state index in [4.69, 9.17) is 14.2 Å². The number of esters is 1. The lowest BCUT2D eigenvalue weighted by molar-refractivity contribution is -0.141. The molecule has 2 aromatic carbocycles. The van der Waals surface area contributed by atoms with Crippen molar-refractivity contribution in [2.24, 2.45) is 0 Å². The van der Waals surface area contributed by atoms with Crippen LogP contribution in [0.15, 0.2) is 47.4 Å². The molecule has 2 aromatic rings. The fourth-order valence-corrected chi connectivity index (χ4v) is 3.61. The largest absolute Gasteiger partial charge is 0.493 e. The lowest BCUT2D eigenvalue weighted by Gasteiger charge is -2.20. The van der Waals surface area contributed by atoms with E-state index in [9.17, 15) is 9.59 Å². The molecule has 0 bridgehead atoms. The summed E-state index contributed by atoms with van der Waals surface area (Å²) < 4.78 is 15.4. The van der Waals surface area contributed by atoms with Gasteiger partial charge in [-0.3, -0.25) is 9.59 Å². The zero-order valence-corrected chi connectivity index (χ0v) is 18.2. The van der Waals surface area contributed by atoms with E-state index in [0.29, 0.717) is 27.9 Å². The first kappa shape index (κ1) is 22.6. The topological polar surface area (TPSA) is 73.9 Å². The molecule has 0 fully saturated rings. The average Bonchev–Trinajstić information content (AvgIpc) is 2.72. The van der Waals surface area contributed by atoms with Gasteiger partial charge in [0.15, 0.2) is 11.5 Å². The average molecular weight is 418 g/mol. The highest BCUT2D eigenvalue weighted by atomic mass is 32.2. The molecule has 0 spiro atoms. The molecule has 156 valence electrons. The van der Waals surface area contributed by atoms with Crippen molar-refractivity contribution < 1.29 is 23.8 Å². The molecule has 7 heteroatoms. The fourth-order valence-electron chi connectivity index (χ4n) is 2.77. The Morgan fingerprint density at radius 3 is 2.17 bits per heavy atom. The van der Waals surface area contributed by atoms with E-state index in [2.05, 4.69) is 19.2 Å². The van der Waals surface area contributed by atoms with Crippen LogP contribution in [-0.2, 0) is 9.53 Å². The van der Waals surface area contributed by atoms with Gasteiger partial charge in [-0.15, -0.1) is 11.8 Å². The Labute approximate surface area is 175 Å². The summed E-state index contributed by atoms with van der Waals surface area (Å²) in [4.78, 5) is 25.8. The number of hydrogen-bond donors (Lipinski definition) is 1. The molecule has 0 aliphatic carbocycles. The van der Waals surface area contributed by atoms with Gasteiger partial charge in [-0.25, -0.2) is 0 Å². The van der Waals surface area contributed by atoms with E-state index in [1.54, 1.807) is 49.2 Å². The minimum Gasteiger partial charge on any atom is -0.493 e. The number of rotatable bonds is 9. The zero-order chi connectivity index (χ0) is 21.4. The van der Waals surface area contributed by atoms with Gasteiger partial charge in [0.1, 0.15) is 0 Å². The summed E-state index contributed by atoms with van der Waals surface area (Å²) >= 11 is 1.73. The molecule has 0 aromatic heterocycles. The summed E-state index contributed by atoms with van der Waals surface area (Å²) in [5, 5.41) is 3.38. The summed E-state index contributed by atoms with van der Waals surface area (Å²) in [7, 11) is 4.40. The van der Waals surface area contributed by atoms with Crippen molar-refractivity contribution >= 4 is 23.6 Å². The van der Waals surface area contributed by atoms with Gasteiger partial charge >= 0.3 is 5.97 Å². The summed E-state index contributed by atoms with van der Waals surface area (Å²) in [6.07, 6.45) is -0.000984. The minimum atomic E-state index is -0.570. The quantitative estimate of drug-likeness (QED) is 0.486. The van der Waals surface area contributed by atoms with E-state index in [1.807, 2.05) is 12.1 Å². The Morgan fingerprint density at radius 2 is 1.62 bits per heavy atom. The van der Waals surface area contributed by atoms with Gasteiger partial charge in [0.25, 0.3) is 5.91 Å². The predicted molar refractivity (Wildman–Crippen MR) is 114 cm³/mol. The molecule has 0 heterocycles. The number of carbonyl (C=O) groups is 2. The van der Waals surface area contributed by atoms with Crippen LogP contribution in [0.1, 0.15) is 42.2 Å². The molecule has 0 aliphatic heterocycles. The van der Waals surface area contributed by atoms with Crippen molar-refractivity contribution in [3.8, 4) is 11.5 Å². The van der Waals surface area contributed by atoms with Crippen molar-refractivity contribution in [3.63, 3.8) is 0 Å². The standard InChI is InChI=1S/C22H27NO5S/c1-14(2)29-17-9-6-15(7-10-17)22(25)23-18(13-21(24)28-5)16-8-11-19(26-3)20(12-16)27-4/h6-12,14,18H,13H2,1-5H3,(H,23,25). The number of methoxy groups -OCH3 is 3. The van der Waals surface area contributed by atoms with Gasteiger partial charge in [0.05, 0.1) is 33.8 Å². The highest BCUT2D eigenvalue weighted by molar-refractivity contribution is 7.99. The minimum absolute atomic E-state index is 0.000984. The predicted octanol–water partition coefficient (Wildman–Crippen LogP) is 4.24. The van der Waals surface area contributed by atoms with Crippen molar-refractivity contribution in [3.05, 3.63) is 53.6 Å². The molecule has 0 saturated heterocycles. The highest BCUT2D eigenvalue weighted by Crippen LogP contribution is 2.31. The number of hydrogen-bond acceptors (Lipinski definition) is 6. The summed E-state index contributed by atoms with van der Waals surface area (Å²) in [6.45, 7) is 4.23. The molecule has 0 saturated carbocycles. The first-order valence-electron chi connectivity index (χ1n) is 9.24. The normalized spacial score (nSPS) is 11.7. The molecule has 6 nitrogen and oxygen atoms in total. The molecule has 1 amide bonds. The molecular formula is C22H27NO5S. The van der Waals surface area contributed by atoms with Crippen LogP contribution in [-0.4, -0.2) is 38.5 Å². The lowest BCUT2D eigenvalue weighted by Crippen LogP contribution is -2.30. The van der Waals surface area contributed by atoms with Crippen LogP contribution in [0.25, 0.3) is 0 Å². The number of ether oxygens (including phenoxy) is 3. The van der Waals surface area contributed by atoms with Gasteiger partial charge in [-0.05, 0) is 42.0 Å². The molecule has 1 unspecified atom stereocenters. The second kappa shape index (κ2) is 10.8. The fraction of sp³-hybridized carbons (Fsp3) is 0.364. The number of nitrogens with one attached hydrogen (secondary N) is 1. The van der Waals surface area contributed by atoms with E-state index in [0.717, 1.165) is 4.90 Å². The lowest BCUT2D eigenvalue weighted by atomic mass is 10.0. The molecule has 1 N–H and O–H groups in total. The third-order valence-corrected chi connectivity index (χ3v) is 5.22. The molecule has 0 radical (unpaired) electrons. The first-order chi connectivity index (χ1) is 13.9. The van der Waals surface area contributed by atoms with Crippen molar-refractivity contribution in [1.29, 1.82) is 0 Å². The molecule has 1 atom stereocenters. The monoisotopic (exact) mass is 417 g/mol. The maximum atomic E-state index is 12.8. The van der Waals surface area contributed by atoms with E-state index < -0.39 is 12.0 Å². The highest BCUT2D eigenvalue weighted by Gasteiger charge is 2.21. The number of amides is 1. The summed E-state index contributed by atoms with van der Waals surface area (Å²) in [5.74, 6) is 0.394. The Hall–Kier alpha value is -2.67. The van der Waals surface area contributed by atoms with Crippen LogP contribution in [0.3, 0.4) is 0 Å². The van der Waals surface area contributed by atoms with Crippen LogP contribution >= 0.6 is 11.8 Å². The van der Waals surface area contributed by atoms with Crippen LogP contribution < -0.4 is 14.8 Å². The SMILES string of the molecule is COC(=O)CC(NC(=O)c1ccc(SC(C)C)cc1)c1ccc(OC)c(OC)c1. The molecule has 29 heavy (non-hydrogen) atoms. The maximum Gasteiger partial charge on any atom is 0.307 e. The second-order valence-electron chi connectivity index (χ2n) is 6.61. The van der Waals surface area contributed by atoms with E-state index in [1.165, 1.54) is 14.2 Å². The van der Waals surface area contributed by atoms with Gasteiger partial charge in [0, 0.05) is 15.7 Å². The van der Waals surface area contributed by atoms with E-state index in [-0.39, 0.29) is 12.3 Å². The zero-order valence-electron chi connectivity index (χ0n) is 17.4. The van der Waals surface area contributed by atoms with Gasteiger partial charge in [-0.1, -0.05) is 19.9 Å². The summed E-state index contributed by atoms with van der Waals surface area (Å²) in [6, 6.07) is 12.1. The third-order valence-electron chi connectivity index (χ3n) is 4.20.